The lowest BCUT2D eigenvalue weighted by molar-refractivity contribution is -0.192. The summed E-state index contributed by atoms with van der Waals surface area (Å²) in [4.78, 5) is 30.4. The van der Waals surface area contributed by atoms with Crippen LogP contribution in [0.25, 0.3) is 0 Å². The lowest BCUT2D eigenvalue weighted by atomic mass is 9.78. The smallest absolute Gasteiger partial charge is 0.475 e. The number of ether oxygens (including phenoxy) is 1. The van der Waals surface area contributed by atoms with E-state index in [1.54, 1.807) is 0 Å². The maximum atomic E-state index is 12.7. The quantitative estimate of drug-likeness (QED) is 0.704. The predicted molar refractivity (Wildman–Crippen MR) is 116 cm³/mol. The first-order chi connectivity index (χ1) is 15.6. The minimum atomic E-state index is -5.08. The number of halogens is 3. The molecular formula is C23H34F3N3O4. The van der Waals surface area contributed by atoms with Crippen LogP contribution in [-0.4, -0.2) is 77.3 Å². The minimum Gasteiger partial charge on any atom is -0.475 e. The van der Waals surface area contributed by atoms with Crippen molar-refractivity contribution in [3.8, 4) is 0 Å². The molecule has 186 valence electrons. The molecule has 3 rings (SSSR count). The highest BCUT2D eigenvalue weighted by molar-refractivity contribution is 5.78. The summed E-state index contributed by atoms with van der Waals surface area (Å²) in [6, 6.07) is 4.14. The molecule has 3 heterocycles. The number of carbonyl (C=O) groups excluding carboxylic acids is 1. The van der Waals surface area contributed by atoms with E-state index in [-0.39, 0.29) is 11.3 Å². The van der Waals surface area contributed by atoms with Gasteiger partial charge >= 0.3 is 12.1 Å². The van der Waals surface area contributed by atoms with Crippen LogP contribution >= 0.6 is 0 Å². The summed E-state index contributed by atoms with van der Waals surface area (Å²) in [6.45, 7) is 10.5. The van der Waals surface area contributed by atoms with Crippen LogP contribution in [0.4, 0.5) is 13.2 Å². The lowest BCUT2D eigenvalue weighted by Gasteiger charge is -2.43. The first-order valence-electron chi connectivity index (χ1n) is 11.4. The molecule has 0 bridgehead atoms. The van der Waals surface area contributed by atoms with E-state index < -0.39 is 12.1 Å². The molecule has 0 radical (unpaired) electrons. The topological polar surface area (TPSA) is 83.0 Å². The fraction of sp³-hybridized carbons (Fsp3) is 0.696. The number of nitrogens with zero attached hydrogens (tertiary/aromatic N) is 3. The molecule has 0 saturated carbocycles. The number of alkyl halides is 3. The highest BCUT2D eigenvalue weighted by atomic mass is 19.4. The molecule has 7 nitrogen and oxygen atoms in total. The van der Waals surface area contributed by atoms with Crippen LogP contribution in [0.15, 0.2) is 24.5 Å². The standard InChI is InChI=1S/C21H33N3O2.C2HF3O2/c1-3-19(4-2)20(25)24-10-7-21(8-11-24)16-23(12-13-26-17-21)15-18-6-5-9-22-14-18;3-2(4,5)1(6)7/h5-6,9,14,19H,3-4,7-8,10-13,15-17H2,1-2H3;(H,6,7). The molecule has 1 spiro atoms. The van der Waals surface area contributed by atoms with Crippen LogP contribution in [-0.2, 0) is 20.9 Å². The fourth-order valence-corrected chi connectivity index (χ4v) is 4.37. The van der Waals surface area contributed by atoms with Crippen LogP contribution in [0.1, 0.15) is 45.1 Å². The van der Waals surface area contributed by atoms with E-state index in [0.717, 1.165) is 71.6 Å². The van der Waals surface area contributed by atoms with Crippen molar-refractivity contribution < 1.29 is 32.6 Å². The third-order valence-electron chi connectivity index (χ3n) is 6.36. The summed E-state index contributed by atoms with van der Waals surface area (Å²) in [6.07, 6.45) is 2.67. The molecular weight excluding hydrogens is 439 g/mol. The van der Waals surface area contributed by atoms with E-state index in [2.05, 4.69) is 34.7 Å². The Morgan fingerprint density at radius 2 is 1.85 bits per heavy atom. The van der Waals surface area contributed by atoms with Gasteiger partial charge in [-0.05, 0) is 37.3 Å². The zero-order chi connectivity index (χ0) is 24.5. The second-order valence-corrected chi connectivity index (χ2v) is 8.77. The normalized spacial score (nSPS) is 19.0. The summed E-state index contributed by atoms with van der Waals surface area (Å²) in [5.41, 5.74) is 1.44. The average Bonchev–Trinajstić information content (AvgIpc) is 2.97. The summed E-state index contributed by atoms with van der Waals surface area (Å²) >= 11 is 0. The van der Waals surface area contributed by atoms with E-state index in [9.17, 15) is 18.0 Å². The number of aliphatic carboxylic acids is 1. The monoisotopic (exact) mass is 473 g/mol. The number of piperidine rings is 1. The third-order valence-corrected chi connectivity index (χ3v) is 6.36. The zero-order valence-corrected chi connectivity index (χ0v) is 19.3. The molecule has 33 heavy (non-hydrogen) atoms. The van der Waals surface area contributed by atoms with Gasteiger partial charge in [-0.1, -0.05) is 19.9 Å². The van der Waals surface area contributed by atoms with Gasteiger partial charge in [0.15, 0.2) is 0 Å². The summed E-state index contributed by atoms with van der Waals surface area (Å²) in [5, 5.41) is 7.12. The zero-order valence-electron chi connectivity index (χ0n) is 19.3. The summed E-state index contributed by atoms with van der Waals surface area (Å²) in [5.74, 6) is -2.21. The van der Waals surface area contributed by atoms with Gasteiger partial charge in [0.05, 0.1) is 13.2 Å². The van der Waals surface area contributed by atoms with E-state index in [1.807, 2.05) is 18.5 Å². The molecule has 10 heteroatoms. The predicted octanol–water partition coefficient (Wildman–Crippen LogP) is 3.59. The van der Waals surface area contributed by atoms with Gasteiger partial charge in [-0.15, -0.1) is 0 Å². The van der Waals surface area contributed by atoms with Crippen molar-refractivity contribution >= 4 is 11.9 Å². The van der Waals surface area contributed by atoms with E-state index in [0.29, 0.717) is 5.91 Å². The number of pyridine rings is 1. The van der Waals surface area contributed by atoms with Crippen LogP contribution < -0.4 is 0 Å². The molecule has 1 aromatic rings. The van der Waals surface area contributed by atoms with Gasteiger partial charge in [-0.2, -0.15) is 13.2 Å². The number of carbonyl (C=O) groups is 2. The van der Waals surface area contributed by atoms with Crippen molar-refractivity contribution in [2.24, 2.45) is 11.3 Å². The molecule has 2 aliphatic rings. The van der Waals surface area contributed by atoms with Gasteiger partial charge in [0.1, 0.15) is 0 Å². The van der Waals surface area contributed by atoms with Crippen LogP contribution in [0.5, 0.6) is 0 Å². The van der Waals surface area contributed by atoms with Gasteiger partial charge in [0, 0.05) is 56.5 Å². The second kappa shape index (κ2) is 12.3. The van der Waals surface area contributed by atoms with Crippen LogP contribution in [0.2, 0.25) is 0 Å². The Hall–Kier alpha value is -2.20. The number of aromatic nitrogens is 1. The second-order valence-electron chi connectivity index (χ2n) is 8.77. The molecule has 1 N–H and O–H groups in total. The summed E-state index contributed by atoms with van der Waals surface area (Å²) < 4.78 is 37.7. The maximum absolute atomic E-state index is 12.7. The van der Waals surface area contributed by atoms with Crippen molar-refractivity contribution in [1.82, 2.24) is 14.8 Å². The SMILES string of the molecule is CCC(CC)C(=O)N1CCC2(CC1)COCCN(Cc1cccnc1)C2.O=C(O)C(F)(F)F. The van der Waals surface area contributed by atoms with Crippen molar-refractivity contribution in [3.63, 3.8) is 0 Å². The number of amides is 1. The Kier molecular flexibility index (Phi) is 10.1. The average molecular weight is 474 g/mol. The van der Waals surface area contributed by atoms with Gasteiger partial charge in [0.2, 0.25) is 5.91 Å². The molecule has 0 unspecified atom stereocenters. The molecule has 2 aliphatic heterocycles. The number of hydrogen-bond acceptors (Lipinski definition) is 5. The third kappa shape index (κ3) is 8.26. The molecule has 1 amide bonds. The highest BCUT2D eigenvalue weighted by Gasteiger charge is 2.40. The van der Waals surface area contributed by atoms with Gasteiger partial charge < -0.3 is 14.7 Å². The number of hydrogen-bond donors (Lipinski definition) is 1. The Bertz CT molecular complexity index is 749. The molecule has 0 atom stereocenters. The molecule has 1 aromatic heterocycles. The molecule has 0 aliphatic carbocycles. The Balaban J connectivity index is 0.000000479. The number of carboxylic acid groups (broad SMARTS) is 1. The van der Waals surface area contributed by atoms with Crippen molar-refractivity contribution in [3.05, 3.63) is 30.1 Å². The number of rotatable bonds is 5. The van der Waals surface area contributed by atoms with Gasteiger partial charge in [-0.25, -0.2) is 4.79 Å². The Morgan fingerprint density at radius 1 is 1.21 bits per heavy atom. The highest BCUT2D eigenvalue weighted by Crippen LogP contribution is 2.35. The van der Waals surface area contributed by atoms with Crippen molar-refractivity contribution in [2.75, 3.05) is 39.4 Å². The van der Waals surface area contributed by atoms with Crippen molar-refractivity contribution in [1.29, 1.82) is 0 Å². The minimum absolute atomic E-state index is 0.184. The van der Waals surface area contributed by atoms with Crippen LogP contribution in [0.3, 0.4) is 0 Å². The van der Waals surface area contributed by atoms with Crippen LogP contribution in [0, 0.1) is 11.3 Å². The van der Waals surface area contributed by atoms with Crippen molar-refractivity contribution in [2.45, 2.75) is 52.3 Å². The first-order valence-corrected chi connectivity index (χ1v) is 11.4. The first kappa shape index (κ1) is 27.0. The number of carboxylic acids is 1. The van der Waals surface area contributed by atoms with Gasteiger partial charge in [-0.3, -0.25) is 14.7 Å². The lowest BCUT2D eigenvalue weighted by Crippen LogP contribution is -2.49. The molecule has 0 aromatic carbocycles. The maximum Gasteiger partial charge on any atom is 0.490 e. The fourth-order valence-electron chi connectivity index (χ4n) is 4.37. The van der Waals surface area contributed by atoms with Gasteiger partial charge in [0.25, 0.3) is 0 Å². The van der Waals surface area contributed by atoms with E-state index in [4.69, 9.17) is 14.6 Å². The molecule has 2 fully saturated rings. The van der Waals surface area contributed by atoms with E-state index in [1.165, 1.54) is 5.56 Å². The molecule has 2 saturated heterocycles. The Morgan fingerprint density at radius 3 is 2.36 bits per heavy atom. The summed E-state index contributed by atoms with van der Waals surface area (Å²) in [7, 11) is 0. The van der Waals surface area contributed by atoms with E-state index >= 15 is 0 Å². The Labute approximate surface area is 192 Å². The number of likely N-dealkylation sites (tertiary alicyclic amines) is 1. The largest absolute Gasteiger partial charge is 0.490 e.